The molecule has 0 rings (SSSR count). The van der Waals surface area contributed by atoms with Crippen LogP contribution in [-0.4, -0.2) is 0 Å². The van der Waals surface area contributed by atoms with Crippen molar-refractivity contribution in [2.45, 2.75) is 0 Å². The van der Waals surface area contributed by atoms with Gasteiger partial charge in [0.1, 0.15) is 0 Å². The van der Waals surface area contributed by atoms with Crippen LogP contribution in [0.4, 0.5) is 0 Å². The summed E-state index contributed by atoms with van der Waals surface area (Å²) in [5.74, 6) is 0. The molecule has 0 atom stereocenters. The summed E-state index contributed by atoms with van der Waals surface area (Å²) in [6, 6.07) is 0. The van der Waals surface area contributed by atoms with Crippen LogP contribution in [0.2, 0.25) is 0 Å². The lowest BCUT2D eigenvalue weighted by atomic mass is 10.4. The van der Waals surface area contributed by atoms with E-state index in [0.29, 0.717) is 5.70 Å². The van der Waals surface area contributed by atoms with Gasteiger partial charge in [0.25, 0.3) is 0 Å². The molecule has 0 fully saturated rings. The highest BCUT2D eigenvalue weighted by Crippen LogP contribution is 2.02. The van der Waals surface area contributed by atoms with Crippen molar-refractivity contribution < 1.29 is 0 Å². The molecule has 0 bridgehead atoms. The lowest BCUT2D eigenvalue weighted by molar-refractivity contribution is 1.45. The van der Waals surface area contributed by atoms with Crippen LogP contribution in [0.25, 0.3) is 0 Å². The summed E-state index contributed by atoms with van der Waals surface area (Å²) in [7, 11) is 0. The summed E-state index contributed by atoms with van der Waals surface area (Å²) in [5.41, 5.74) is 5.77. The summed E-state index contributed by atoms with van der Waals surface area (Å²) in [4.78, 5) is 0. The highest BCUT2D eigenvalue weighted by atomic mass is 127. The minimum atomic E-state index is 0.558. The van der Waals surface area contributed by atoms with E-state index < -0.39 is 0 Å². The fraction of sp³-hybridized carbons (Fsp3) is 0. The summed E-state index contributed by atoms with van der Waals surface area (Å²) in [6.45, 7) is 7.10. The molecular weight excluding hydrogens is 213 g/mol. The summed E-state index contributed by atoms with van der Waals surface area (Å²) in [6.07, 6.45) is 3.53. The van der Waals surface area contributed by atoms with Crippen molar-refractivity contribution in [1.82, 2.24) is 0 Å². The van der Waals surface area contributed by atoms with Crippen molar-refractivity contribution in [3.8, 4) is 0 Å². The van der Waals surface area contributed by atoms with E-state index >= 15 is 0 Å². The maximum Gasteiger partial charge on any atom is 0.0241 e. The number of allylic oxidation sites excluding steroid dienone is 3. The third kappa shape index (κ3) is 5.75. The molecule has 0 saturated carbocycles. The van der Waals surface area contributed by atoms with Gasteiger partial charge in [0.2, 0.25) is 0 Å². The Hall–Kier alpha value is -0.250. The molecular formula is C6H8IN. The highest BCUT2D eigenvalue weighted by Gasteiger charge is 1.74. The largest absolute Gasteiger partial charge is 0.399 e. The molecule has 0 radical (unpaired) electrons. The van der Waals surface area contributed by atoms with Crippen LogP contribution in [-0.2, 0) is 0 Å². The van der Waals surface area contributed by atoms with E-state index in [1.807, 2.05) is 6.08 Å². The number of hydrogen-bond donors (Lipinski definition) is 1. The highest BCUT2D eigenvalue weighted by molar-refractivity contribution is 14.1. The quantitative estimate of drug-likeness (QED) is 0.559. The Morgan fingerprint density at radius 2 is 1.88 bits per heavy atom. The van der Waals surface area contributed by atoms with Crippen molar-refractivity contribution in [1.29, 1.82) is 0 Å². The van der Waals surface area contributed by atoms with Gasteiger partial charge in [-0.25, -0.2) is 0 Å². The Kier molecular flexibility index (Phi) is 3.60. The Labute approximate surface area is 63.1 Å². The van der Waals surface area contributed by atoms with Gasteiger partial charge < -0.3 is 5.73 Å². The smallest absolute Gasteiger partial charge is 0.0241 e. The molecule has 8 heavy (non-hydrogen) atoms. The van der Waals surface area contributed by atoms with Crippen molar-refractivity contribution in [3.05, 3.63) is 34.6 Å². The molecule has 0 aliphatic heterocycles. The first-order valence-corrected chi connectivity index (χ1v) is 3.17. The number of nitrogens with two attached hydrogens (primary N) is 1. The zero-order chi connectivity index (χ0) is 6.57. The number of hydrogen-bond acceptors (Lipinski definition) is 1. The average molecular weight is 221 g/mol. The lowest BCUT2D eigenvalue weighted by Crippen LogP contribution is -1.87. The fourth-order valence-electron chi connectivity index (χ4n) is 0.197. The van der Waals surface area contributed by atoms with Gasteiger partial charge >= 0.3 is 0 Å². The third-order valence-electron chi connectivity index (χ3n) is 0.478. The predicted octanol–water partition coefficient (Wildman–Crippen LogP) is 1.96. The van der Waals surface area contributed by atoms with Crippen molar-refractivity contribution in [2.24, 2.45) is 5.73 Å². The van der Waals surface area contributed by atoms with Gasteiger partial charge in [0.05, 0.1) is 0 Å². The van der Waals surface area contributed by atoms with E-state index in [9.17, 15) is 0 Å². The second-order valence-electron chi connectivity index (χ2n) is 1.36. The van der Waals surface area contributed by atoms with Crippen molar-refractivity contribution >= 4 is 22.6 Å². The normalized spacial score (nSPS) is 9.62. The second kappa shape index (κ2) is 3.72. The SMILES string of the molecule is C=C(N)/C=C\C(=C)I. The van der Waals surface area contributed by atoms with Gasteiger partial charge in [-0.05, 0) is 34.7 Å². The van der Waals surface area contributed by atoms with Crippen LogP contribution >= 0.6 is 22.6 Å². The standard InChI is InChI=1S/C6H8IN/c1-5(7)3-4-6(2)8/h3-4H,1-2,8H2/b4-3-. The van der Waals surface area contributed by atoms with Crippen LogP contribution in [0.5, 0.6) is 0 Å². The Morgan fingerprint density at radius 1 is 1.38 bits per heavy atom. The van der Waals surface area contributed by atoms with Gasteiger partial charge in [-0.1, -0.05) is 13.2 Å². The second-order valence-corrected chi connectivity index (χ2v) is 2.74. The van der Waals surface area contributed by atoms with Crippen LogP contribution in [0.15, 0.2) is 34.6 Å². The van der Waals surface area contributed by atoms with Gasteiger partial charge in [-0.3, -0.25) is 0 Å². The Morgan fingerprint density at radius 3 is 2.00 bits per heavy atom. The number of rotatable bonds is 2. The first-order valence-electron chi connectivity index (χ1n) is 2.10. The number of halogens is 1. The van der Waals surface area contributed by atoms with E-state index in [0.717, 1.165) is 3.58 Å². The van der Waals surface area contributed by atoms with Crippen LogP contribution < -0.4 is 5.73 Å². The monoisotopic (exact) mass is 221 g/mol. The minimum absolute atomic E-state index is 0.558. The molecule has 2 N–H and O–H groups in total. The van der Waals surface area contributed by atoms with Crippen molar-refractivity contribution in [3.63, 3.8) is 0 Å². The minimum Gasteiger partial charge on any atom is -0.399 e. The molecule has 44 valence electrons. The molecule has 0 aromatic rings. The zero-order valence-corrected chi connectivity index (χ0v) is 6.68. The molecule has 1 nitrogen and oxygen atoms in total. The van der Waals surface area contributed by atoms with Gasteiger partial charge in [0, 0.05) is 9.28 Å². The summed E-state index contributed by atoms with van der Waals surface area (Å²) >= 11 is 2.10. The van der Waals surface area contributed by atoms with Crippen LogP contribution in [0.1, 0.15) is 0 Å². The maximum atomic E-state index is 5.22. The molecule has 0 aliphatic carbocycles. The van der Waals surface area contributed by atoms with Crippen molar-refractivity contribution in [2.75, 3.05) is 0 Å². The summed E-state index contributed by atoms with van der Waals surface area (Å²) < 4.78 is 0.953. The molecule has 2 heteroatoms. The zero-order valence-electron chi connectivity index (χ0n) is 4.52. The van der Waals surface area contributed by atoms with E-state index in [1.54, 1.807) is 6.08 Å². The van der Waals surface area contributed by atoms with E-state index in [4.69, 9.17) is 5.73 Å². The predicted molar refractivity (Wildman–Crippen MR) is 45.6 cm³/mol. The Bertz CT molecular complexity index is 119. The maximum absolute atomic E-state index is 5.22. The van der Waals surface area contributed by atoms with E-state index in [2.05, 4.69) is 35.7 Å². The molecule has 0 aromatic carbocycles. The van der Waals surface area contributed by atoms with Gasteiger partial charge in [-0.15, -0.1) is 0 Å². The van der Waals surface area contributed by atoms with Crippen LogP contribution in [0.3, 0.4) is 0 Å². The molecule has 0 saturated heterocycles. The molecule has 0 heterocycles. The fourth-order valence-corrected chi connectivity index (χ4v) is 0.377. The molecule has 0 unspecified atom stereocenters. The molecule has 0 amide bonds. The van der Waals surface area contributed by atoms with E-state index in [1.165, 1.54) is 0 Å². The summed E-state index contributed by atoms with van der Waals surface area (Å²) in [5, 5.41) is 0. The Balaban J connectivity index is 3.67. The topological polar surface area (TPSA) is 26.0 Å². The third-order valence-corrected chi connectivity index (χ3v) is 0.838. The van der Waals surface area contributed by atoms with Crippen LogP contribution in [0, 0.1) is 0 Å². The first kappa shape index (κ1) is 7.75. The average Bonchev–Trinajstić information content (AvgIpc) is 1.61. The molecule has 0 spiro atoms. The first-order chi connectivity index (χ1) is 3.63. The van der Waals surface area contributed by atoms with Gasteiger partial charge in [-0.2, -0.15) is 0 Å². The molecule has 0 aliphatic rings. The van der Waals surface area contributed by atoms with Gasteiger partial charge in [0.15, 0.2) is 0 Å². The molecule has 0 aromatic heterocycles. The lowest BCUT2D eigenvalue weighted by Gasteiger charge is -1.83. The van der Waals surface area contributed by atoms with E-state index in [-0.39, 0.29) is 0 Å².